The second-order valence-electron chi connectivity index (χ2n) is 15.3. The van der Waals surface area contributed by atoms with E-state index in [-0.39, 0.29) is 35.1 Å². The maximum absolute atomic E-state index is 16.0. The Morgan fingerprint density at radius 1 is 1.03 bits per heavy atom. The Hall–Kier alpha value is -5.12. The van der Waals surface area contributed by atoms with Crippen molar-refractivity contribution >= 4 is 42.9 Å². The van der Waals surface area contributed by atoms with E-state index in [0.717, 1.165) is 11.0 Å². The molecule has 0 bridgehead atoms. The largest absolute Gasteiger partial charge is 0.524 e. The van der Waals surface area contributed by atoms with Crippen molar-refractivity contribution < 1.29 is 60.4 Å². The number of ether oxygens (including phenoxy) is 1. The number of nitrogens with two attached hydrogens (primary N) is 1. The summed E-state index contributed by atoms with van der Waals surface area (Å²) in [7, 11) is -5.02. The minimum absolute atomic E-state index is 0.00588. The monoisotopic (exact) mass is 832 g/mol. The Labute approximate surface area is 332 Å². The quantitative estimate of drug-likeness (QED) is 0.0730. The summed E-state index contributed by atoms with van der Waals surface area (Å²) >= 11 is 0. The van der Waals surface area contributed by atoms with Gasteiger partial charge in [0.15, 0.2) is 6.73 Å². The van der Waals surface area contributed by atoms with Crippen LogP contribution in [0.5, 0.6) is 5.75 Å². The second kappa shape index (κ2) is 17.4. The zero-order valence-corrected chi connectivity index (χ0v) is 33.1. The van der Waals surface area contributed by atoms with Gasteiger partial charge >= 0.3 is 20.0 Å². The van der Waals surface area contributed by atoms with Crippen molar-refractivity contribution in [1.82, 2.24) is 5.32 Å². The summed E-state index contributed by atoms with van der Waals surface area (Å²) < 4.78 is 78.8. The maximum atomic E-state index is 16.0. The zero-order chi connectivity index (χ0) is 42.7. The molecule has 3 amide bonds. The number of phosphoric acid groups is 1. The summed E-state index contributed by atoms with van der Waals surface area (Å²) in [5.74, 6) is -8.09. The lowest BCUT2D eigenvalue weighted by atomic mass is 9.78. The molecule has 18 heteroatoms. The number of hydrogen-bond donors (Lipinski definition) is 4. The van der Waals surface area contributed by atoms with Gasteiger partial charge < -0.3 is 20.3 Å². The number of esters is 1. The molecule has 0 spiro atoms. The van der Waals surface area contributed by atoms with Crippen LogP contribution in [0.25, 0.3) is 0 Å². The van der Waals surface area contributed by atoms with Crippen molar-refractivity contribution in [3.63, 3.8) is 0 Å². The number of amides is 3. The third-order valence-corrected chi connectivity index (χ3v) is 10.5. The number of alkyl halides is 3. The van der Waals surface area contributed by atoms with Crippen molar-refractivity contribution in [2.75, 3.05) is 11.6 Å². The van der Waals surface area contributed by atoms with E-state index in [0.29, 0.717) is 35.1 Å². The molecule has 312 valence electrons. The fourth-order valence-corrected chi connectivity index (χ4v) is 7.84. The number of aliphatic imine (C=N–C) groups is 1. The minimum atomic E-state index is -5.02. The van der Waals surface area contributed by atoms with Crippen molar-refractivity contribution in [2.45, 2.75) is 84.0 Å². The molecule has 1 saturated carbocycles. The number of nitrogens with one attached hydrogen (secondary N) is 1. The Morgan fingerprint density at radius 3 is 2.31 bits per heavy atom. The van der Waals surface area contributed by atoms with Gasteiger partial charge in [-0.05, 0) is 55.9 Å². The number of hydrogen-bond acceptors (Lipinski definition) is 8. The van der Waals surface area contributed by atoms with Crippen LogP contribution in [0.2, 0.25) is 0 Å². The van der Waals surface area contributed by atoms with Crippen LogP contribution >= 0.6 is 7.82 Å². The van der Waals surface area contributed by atoms with Gasteiger partial charge in [-0.2, -0.15) is 13.2 Å². The molecule has 5 rings (SSSR count). The second-order valence-corrected chi connectivity index (χ2v) is 16.5. The normalized spacial score (nSPS) is 17.1. The van der Waals surface area contributed by atoms with Gasteiger partial charge in [-0.25, -0.2) is 13.9 Å². The van der Waals surface area contributed by atoms with E-state index in [1.165, 1.54) is 18.2 Å². The lowest BCUT2D eigenvalue weighted by Gasteiger charge is -2.30. The molecule has 3 aromatic carbocycles. The fourth-order valence-electron chi connectivity index (χ4n) is 7.44. The van der Waals surface area contributed by atoms with Crippen LogP contribution in [0.1, 0.15) is 80.2 Å². The van der Waals surface area contributed by atoms with Crippen molar-refractivity contribution in [2.24, 2.45) is 28.5 Å². The average molecular weight is 833 g/mol. The van der Waals surface area contributed by atoms with Crippen LogP contribution in [-0.4, -0.2) is 58.3 Å². The first-order chi connectivity index (χ1) is 27.0. The number of aryl methyl sites for hydroxylation is 2. The van der Waals surface area contributed by atoms with Gasteiger partial charge in [-0.15, -0.1) is 0 Å². The number of primary amides is 1. The zero-order valence-electron chi connectivity index (χ0n) is 32.2. The molecule has 1 aliphatic carbocycles. The summed E-state index contributed by atoms with van der Waals surface area (Å²) in [6, 6.07) is 15.2. The molecule has 0 unspecified atom stereocenters. The molecule has 1 fully saturated rings. The third-order valence-electron chi connectivity index (χ3n) is 10.1. The number of halogens is 4. The summed E-state index contributed by atoms with van der Waals surface area (Å²) in [5, 5.41) is 2.41. The predicted octanol–water partition coefficient (Wildman–Crippen LogP) is 6.27. The molecule has 0 aromatic heterocycles. The van der Waals surface area contributed by atoms with E-state index in [1.54, 1.807) is 64.1 Å². The van der Waals surface area contributed by atoms with Gasteiger partial charge in [0.25, 0.3) is 5.91 Å². The Balaban J connectivity index is 1.50. The summed E-state index contributed by atoms with van der Waals surface area (Å²) in [5.41, 5.74) is 6.00. The number of carbonyl (C=O) groups excluding carboxylic acids is 4. The first-order valence-electron chi connectivity index (χ1n) is 18.5. The first-order valence-corrected chi connectivity index (χ1v) is 20.0. The molecule has 13 nitrogen and oxygen atoms in total. The number of rotatable bonds is 16. The van der Waals surface area contributed by atoms with Crippen LogP contribution in [0.4, 0.5) is 23.2 Å². The molecule has 0 radical (unpaired) electrons. The summed E-state index contributed by atoms with van der Waals surface area (Å²) in [6.45, 7) is 5.64. The number of para-hydroxylation sites is 1. The molecule has 5 N–H and O–H groups in total. The lowest BCUT2D eigenvalue weighted by Crippen LogP contribution is -2.51. The first kappa shape index (κ1) is 44.0. The van der Waals surface area contributed by atoms with Crippen LogP contribution in [-0.2, 0) is 33.9 Å². The summed E-state index contributed by atoms with van der Waals surface area (Å²) in [4.78, 5) is 79.1. The van der Waals surface area contributed by atoms with E-state index in [4.69, 9.17) is 15.0 Å². The van der Waals surface area contributed by atoms with Gasteiger partial charge in [0.1, 0.15) is 11.6 Å². The third kappa shape index (κ3) is 11.1. The highest BCUT2D eigenvalue weighted by atomic mass is 31.2. The van der Waals surface area contributed by atoms with E-state index < -0.39 is 92.9 Å². The van der Waals surface area contributed by atoms with Crippen LogP contribution in [0.3, 0.4) is 0 Å². The standard InChI is InChI=1S/C40H45F4N4O9P/c1-22-17-23(2)32(30(18-22)57-58(53,54)55)39(3,4)20-31(49)56-21-48-34-27(11-8-12-29(34)41)33(25-9-6-5-7-10-25)46-36(38(48)52)47-37(51)26(15-16-40(42,43)44)28(35(45)50)19-24-13-14-24/h5-12,17-18,24,26,28,36H,13-16,19-21H2,1-4H3,(H2,45,50)(H,47,51)(H2,53,54,55)/t26-,28+,36-/m1/s1. The Morgan fingerprint density at radius 2 is 1.71 bits per heavy atom. The number of carbonyl (C=O) groups is 4. The number of benzodiazepines with no additional fused rings is 1. The van der Waals surface area contributed by atoms with Gasteiger partial charge in [0.05, 0.1) is 17.8 Å². The topological polar surface area (TPSA) is 198 Å². The number of anilines is 1. The number of fused-ring (bicyclic) bond motifs is 1. The Kier molecular flexibility index (Phi) is 13.2. The van der Waals surface area contributed by atoms with Crippen molar-refractivity contribution in [1.29, 1.82) is 0 Å². The van der Waals surface area contributed by atoms with Crippen LogP contribution < -0.4 is 20.5 Å². The number of nitrogens with zero attached hydrogens (tertiary/aromatic N) is 2. The summed E-state index contributed by atoms with van der Waals surface area (Å²) in [6.07, 6.45) is -7.74. The SMILES string of the molecule is Cc1cc(C)c(C(C)(C)CC(=O)OCN2C(=O)[C@@H](NC(=O)[C@H](CCC(F)(F)F)[C@H](CC3CC3)C(N)=O)N=C(c3ccccc3)c3cccc(F)c32)c(OP(=O)(O)O)c1. The maximum Gasteiger partial charge on any atom is 0.524 e. The van der Waals surface area contributed by atoms with Gasteiger partial charge in [-0.3, -0.25) is 33.9 Å². The smallest absolute Gasteiger partial charge is 0.444 e. The van der Waals surface area contributed by atoms with Crippen molar-refractivity contribution in [3.05, 3.63) is 94.3 Å². The lowest BCUT2D eigenvalue weighted by molar-refractivity contribution is -0.148. The molecule has 1 heterocycles. The molecule has 2 aliphatic rings. The van der Waals surface area contributed by atoms with Gasteiger partial charge in [0, 0.05) is 40.4 Å². The Bertz CT molecular complexity index is 2140. The average Bonchev–Trinajstić information content (AvgIpc) is 3.93. The minimum Gasteiger partial charge on any atom is -0.444 e. The van der Waals surface area contributed by atoms with Crippen molar-refractivity contribution in [3.8, 4) is 5.75 Å². The number of benzene rings is 3. The molecular formula is C40H45F4N4O9P. The molecule has 0 saturated heterocycles. The highest BCUT2D eigenvalue weighted by molar-refractivity contribution is 7.46. The van der Waals surface area contributed by atoms with E-state index in [9.17, 15) is 46.7 Å². The molecule has 3 aromatic rings. The molecule has 3 atom stereocenters. The highest BCUT2D eigenvalue weighted by Crippen LogP contribution is 2.45. The van der Waals surface area contributed by atoms with E-state index in [2.05, 4.69) is 10.3 Å². The molecule has 58 heavy (non-hydrogen) atoms. The van der Waals surface area contributed by atoms with E-state index in [1.807, 2.05) is 0 Å². The number of phosphoric ester groups is 1. The van der Waals surface area contributed by atoms with Crippen LogP contribution in [0.15, 0.2) is 65.7 Å². The predicted molar refractivity (Wildman–Crippen MR) is 204 cm³/mol. The highest BCUT2D eigenvalue weighted by Gasteiger charge is 2.43. The molecular weight excluding hydrogens is 787 g/mol. The van der Waals surface area contributed by atoms with E-state index >= 15 is 4.39 Å². The molecule has 1 aliphatic heterocycles. The van der Waals surface area contributed by atoms with Gasteiger partial charge in [-0.1, -0.05) is 75.2 Å². The van der Waals surface area contributed by atoms with Gasteiger partial charge in [0.2, 0.25) is 18.0 Å². The van der Waals surface area contributed by atoms with Crippen LogP contribution in [0, 0.1) is 37.4 Å². The fraction of sp³-hybridized carbons (Fsp3) is 0.425.